The topological polar surface area (TPSA) is 20.5 Å². The number of nitrogens with zero attached hydrogens (tertiary/aromatic N) is 3. The van der Waals surface area contributed by atoms with E-state index in [1.54, 1.807) is 0 Å². The molecule has 0 spiro atoms. The number of hydrogen-bond acceptors (Lipinski definition) is 2. The quantitative estimate of drug-likeness (QED) is 0.189. The van der Waals surface area contributed by atoms with Gasteiger partial charge in [-0.05, 0) is 59.9 Å². The molecule has 0 saturated heterocycles. The number of anilines is 2. The van der Waals surface area contributed by atoms with Gasteiger partial charge in [-0.1, -0.05) is 147 Å². The second-order valence-electron chi connectivity index (χ2n) is 12.3. The van der Waals surface area contributed by atoms with Crippen molar-refractivity contribution in [3.63, 3.8) is 0 Å². The van der Waals surface area contributed by atoms with Gasteiger partial charge in [-0.2, -0.15) is 0 Å². The van der Waals surface area contributed by atoms with Gasteiger partial charge >= 0.3 is 0 Å². The summed E-state index contributed by atoms with van der Waals surface area (Å²) in [5.74, 6) is 0. The lowest BCUT2D eigenvalue weighted by molar-refractivity contribution is 0.970. The number of allylic oxidation sites excluding steroid dienone is 8. The molecule has 3 nitrogen and oxygen atoms in total. The van der Waals surface area contributed by atoms with Crippen LogP contribution in [0.5, 0.6) is 0 Å². The van der Waals surface area contributed by atoms with E-state index >= 15 is 0 Å². The second kappa shape index (κ2) is 13.3. The van der Waals surface area contributed by atoms with E-state index < -0.39 is 0 Å². The molecule has 0 unspecified atom stereocenters. The van der Waals surface area contributed by atoms with Gasteiger partial charge in [0.1, 0.15) is 0 Å². The Balaban J connectivity index is 0.00000171. The average molecular weight is 634 g/mol. The molecule has 0 atom stereocenters. The first-order chi connectivity index (χ1) is 24.3. The van der Waals surface area contributed by atoms with Crippen LogP contribution in [0.1, 0.15) is 43.4 Å². The second-order valence-corrected chi connectivity index (χ2v) is 12.3. The average Bonchev–Trinajstić information content (AvgIpc) is 3.31. The Kier molecular flexibility index (Phi) is 8.25. The minimum absolute atomic E-state index is 0.724. The van der Waals surface area contributed by atoms with Gasteiger partial charge < -0.3 is 9.47 Å². The van der Waals surface area contributed by atoms with Crippen LogP contribution in [0, 0.1) is 0 Å². The Hall–Kier alpha value is -5.93. The summed E-state index contributed by atoms with van der Waals surface area (Å²) < 4.78 is 2.50. The van der Waals surface area contributed by atoms with Crippen LogP contribution in [-0.4, -0.2) is 10.3 Å². The summed E-state index contributed by atoms with van der Waals surface area (Å²) in [6.45, 7) is 4.00. The number of hydrogen-bond donors (Lipinski definition) is 0. The summed E-state index contributed by atoms with van der Waals surface area (Å²) in [6.07, 6.45) is 16.2. The molecule has 0 amide bonds. The van der Waals surface area contributed by atoms with Crippen LogP contribution in [0.15, 0.2) is 180 Å². The number of aromatic nitrogens is 1. The largest absolute Gasteiger partial charge is 0.308 e. The van der Waals surface area contributed by atoms with Gasteiger partial charge in [0.05, 0.1) is 28.1 Å². The Morgan fingerprint density at radius 1 is 0.633 bits per heavy atom. The first kappa shape index (κ1) is 30.4. The molecule has 0 radical (unpaired) electrons. The molecule has 0 N–H and O–H groups in total. The lowest BCUT2D eigenvalue weighted by atomic mass is 9.92. The highest BCUT2D eigenvalue weighted by Gasteiger charge is 2.30. The zero-order chi connectivity index (χ0) is 33.2. The molecule has 1 aliphatic carbocycles. The first-order valence-electron chi connectivity index (χ1n) is 17.4. The molecule has 1 aromatic heterocycles. The minimum atomic E-state index is 0.724. The Bertz CT molecular complexity index is 2350. The van der Waals surface area contributed by atoms with E-state index in [0.29, 0.717) is 0 Å². The fraction of sp³-hybridized carbons (Fsp3) is 0.109. The molecule has 3 heterocycles. The van der Waals surface area contributed by atoms with Crippen LogP contribution in [0.4, 0.5) is 11.4 Å². The van der Waals surface area contributed by atoms with Gasteiger partial charge in [-0.25, -0.2) is 0 Å². The van der Waals surface area contributed by atoms with E-state index in [1.165, 1.54) is 50.0 Å². The van der Waals surface area contributed by atoms with Gasteiger partial charge in [0.15, 0.2) is 0 Å². The molecule has 0 saturated carbocycles. The normalized spacial score (nSPS) is 15.4. The van der Waals surface area contributed by atoms with Crippen LogP contribution in [0.3, 0.4) is 0 Å². The predicted molar refractivity (Wildman–Crippen MR) is 209 cm³/mol. The van der Waals surface area contributed by atoms with Crippen molar-refractivity contribution >= 4 is 50.3 Å². The molecule has 3 heteroatoms. The van der Waals surface area contributed by atoms with Crippen molar-refractivity contribution < 1.29 is 0 Å². The summed E-state index contributed by atoms with van der Waals surface area (Å²) in [7, 11) is 0. The number of para-hydroxylation sites is 2. The number of fused-ring (bicyclic) bond motifs is 5. The van der Waals surface area contributed by atoms with Crippen molar-refractivity contribution in [2.45, 2.75) is 33.1 Å². The lowest BCUT2D eigenvalue weighted by Crippen LogP contribution is -2.24. The molecule has 9 rings (SSSR count). The van der Waals surface area contributed by atoms with Crippen LogP contribution in [0.25, 0.3) is 33.2 Å². The Labute approximate surface area is 288 Å². The van der Waals surface area contributed by atoms with Crippen LogP contribution in [-0.2, 0) is 6.42 Å². The maximum absolute atomic E-state index is 5.33. The van der Waals surface area contributed by atoms with Gasteiger partial charge in [0.2, 0.25) is 0 Å². The third-order valence-electron chi connectivity index (χ3n) is 9.48. The van der Waals surface area contributed by atoms with E-state index in [0.717, 1.165) is 47.5 Å². The fourth-order valence-electron chi connectivity index (χ4n) is 7.34. The summed E-state index contributed by atoms with van der Waals surface area (Å²) in [5, 5.41) is 2.50. The van der Waals surface area contributed by atoms with E-state index in [2.05, 4.69) is 173 Å². The fourth-order valence-corrected chi connectivity index (χ4v) is 7.34. The minimum Gasteiger partial charge on any atom is -0.308 e. The molecule has 2 aliphatic heterocycles. The maximum Gasteiger partial charge on any atom is 0.0785 e. The van der Waals surface area contributed by atoms with E-state index in [9.17, 15) is 0 Å². The highest BCUT2D eigenvalue weighted by Crippen LogP contribution is 2.48. The van der Waals surface area contributed by atoms with E-state index in [4.69, 9.17) is 4.99 Å². The van der Waals surface area contributed by atoms with Crippen LogP contribution in [0.2, 0.25) is 0 Å². The van der Waals surface area contributed by atoms with Crippen molar-refractivity contribution in [3.8, 4) is 0 Å². The van der Waals surface area contributed by atoms with Crippen molar-refractivity contribution in [3.05, 3.63) is 192 Å². The number of aliphatic imine (C=N–C) groups is 1. The predicted octanol–water partition coefficient (Wildman–Crippen LogP) is 12.1. The Morgan fingerprint density at radius 3 is 2.10 bits per heavy atom. The SMILES string of the molecule is C1=CCC2=C(C=C1)N(c1ccccc1)c1c(ccc3c4ccccc4n(C4=CCC(c5ccccc5)=NC(c5ccccc5)=C4)c13)C2.CC. The number of benzene rings is 5. The van der Waals surface area contributed by atoms with Crippen molar-refractivity contribution in [1.29, 1.82) is 0 Å². The summed E-state index contributed by atoms with van der Waals surface area (Å²) >= 11 is 0. The molecular formula is C46H39N3. The maximum atomic E-state index is 5.33. The smallest absolute Gasteiger partial charge is 0.0785 e. The summed E-state index contributed by atoms with van der Waals surface area (Å²) in [6, 6.07) is 45.5. The molecular weight excluding hydrogens is 595 g/mol. The summed E-state index contributed by atoms with van der Waals surface area (Å²) in [4.78, 5) is 7.83. The van der Waals surface area contributed by atoms with Crippen molar-refractivity contribution in [2.75, 3.05) is 4.90 Å². The third kappa shape index (κ3) is 5.48. The van der Waals surface area contributed by atoms with E-state index in [1.807, 2.05) is 13.8 Å². The zero-order valence-electron chi connectivity index (χ0n) is 28.1. The third-order valence-corrected chi connectivity index (χ3v) is 9.48. The van der Waals surface area contributed by atoms with Gasteiger partial charge in [-0.3, -0.25) is 4.99 Å². The van der Waals surface area contributed by atoms with Gasteiger partial charge in [-0.15, -0.1) is 0 Å². The lowest BCUT2D eigenvalue weighted by Gasteiger charge is -2.35. The molecule has 49 heavy (non-hydrogen) atoms. The summed E-state index contributed by atoms with van der Waals surface area (Å²) in [5.41, 5.74) is 14.3. The highest BCUT2D eigenvalue weighted by atomic mass is 15.2. The molecule has 3 aliphatic rings. The molecule has 5 aromatic carbocycles. The number of rotatable bonds is 4. The first-order valence-corrected chi connectivity index (χ1v) is 17.4. The Morgan fingerprint density at radius 2 is 1.33 bits per heavy atom. The molecule has 0 bridgehead atoms. The standard InChI is InChI=1S/C44H33N3.C2H6/c1-5-15-31(16-6-1)39-28-26-36(30-40(45-39)32-17-7-2-8-18-32)47-42-24-14-13-22-37(42)38-27-25-34-29-33-19-9-3-12-23-41(33)46(43(34)44(38)47)35-20-10-4-11-21-35;1-2/h1-18,20-27,30H,19,28-29H2;1-2H3. The van der Waals surface area contributed by atoms with Crippen molar-refractivity contribution in [2.24, 2.45) is 4.99 Å². The monoisotopic (exact) mass is 633 g/mol. The van der Waals surface area contributed by atoms with Crippen LogP contribution >= 0.6 is 0 Å². The highest BCUT2D eigenvalue weighted by molar-refractivity contribution is 6.16. The zero-order valence-corrected chi connectivity index (χ0v) is 28.1. The van der Waals surface area contributed by atoms with Crippen LogP contribution < -0.4 is 4.90 Å². The van der Waals surface area contributed by atoms with Crippen molar-refractivity contribution in [1.82, 2.24) is 4.57 Å². The van der Waals surface area contributed by atoms with Gasteiger partial charge in [0.25, 0.3) is 0 Å². The molecule has 0 fully saturated rings. The molecule has 6 aromatic rings. The molecule has 238 valence electrons. The van der Waals surface area contributed by atoms with Gasteiger partial charge in [0, 0.05) is 39.8 Å². The van der Waals surface area contributed by atoms with E-state index in [-0.39, 0.29) is 0 Å².